The van der Waals surface area contributed by atoms with Crippen molar-refractivity contribution in [1.82, 2.24) is 24.9 Å². The standard InChI is InChI=1S/C24H20Cl2FN5O3/c1-12-10-15(23-28-21(31-35-23)13-6-8-14(25)9-7-13)19(34-2)11-18(12)32-24(33)29-22(30-32)20-16(26)4-3-5-17(20)27/h3-6,8,10-12,18H,7,9H2,1-2H3,(H,29,30,33). The van der Waals surface area contributed by atoms with Gasteiger partial charge in [-0.1, -0.05) is 53.5 Å². The third-order valence-electron chi connectivity index (χ3n) is 5.94. The number of aromatic amines is 1. The van der Waals surface area contributed by atoms with E-state index in [2.05, 4.69) is 20.2 Å². The van der Waals surface area contributed by atoms with Gasteiger partial charge >= 0.3 is 5.69 Å². The van der Waals surface area contributed by atoms with E-state index in [4.69, 9.17) is 32.5 Å². The van der Waals surface area contributed by atoms with E-state index in [9.17, 15) is 9.18 Å². The maximum absolute atomic E-state index is 14.4. The summed E-state index contributed by atoms with van der Waals surface area (Å²) in [4.78, 5) is 19.9. The Labute approximate surface area is 209 Å². The van der Waals surface area contributed by atoms with E-state index in [1.165, 1.54) is 30.0 Å². The van der Waals surface area contributed by atoms with Crippen molar-refractivity contribution in [1.29, 1.82) is 0 Å². The molecule has 0 saturated heterocycles. The zero-order chi connectivity index (χ0) is 24.7. The highest BCUT2D eigenvalue weighted by Gasteiger charge is 2.30. The van der Waals surface area contributed by atoms with Crippen LogP contribution in [0.2, 0.25) is 5.02 Å². The summed E-state index contributed by atoms with van der Waals surface area (Å²) < 4.78 is 26.7. The Kier molecular flexibility index (Phi) is 6.21. The lowest BCUT2D eigenvalue weighted by atomic mass is 9.91. The van der Waals surface area contributed by atoms with Crippen molar-refractivity contribution in [2.24, 2.45) is 5.92 Å². The number of hydrogen-bond donors (Lipinski definition) is 1. The van der Waals surface area contributed by atoms with Crippen molar-refractivity contribution >= 4 is 34.3 Å². The third-order valence-corrected chi connectivity index (χ3v) is 6.57. The van der Waals surface area contributed by atoms with Crippen molar-refractivity contribution in [3.8, 4) is 11.4 Å². The molecule has 2 aliphatic carbocycles. The summed E-state index contributed by atoms with van der Waals surface area (Å²) in [5.41, 5.74) is 1.07. The predicted octanol–water partition coefficient (Wildman–Crippen LogP) is 5.52. The van der Waals surface area contributed by atoms with Crippen molar-refractivity contribution in [2.45, 2.75) is 25.8 Å². The van der Waals surface area contributed by atoms with Gasteiger partial charge in [-0.05, 0) is 37.1 Å². The number of nitrogens with zero attached hydrogens (tertiary/aromatic N) is 4. The lowest BCUT2D eigenvalue weighted by molar-refractivity contribution is 0.291. The second kappa shape index (κ2) is 9.31. The minimum atomic E-state index is -0.580. The second-order valence-corrected chi connectivity index (χ2v) is 9.11. The molecule has 35 heavy (non-hydrogen) atoms. The summed E-state index contributed by atoms with van der Waals surface area (Å²) >= 11 is 12.2. The Morgan fingerprint density at radius 2 is 2.06 bits per heavy atom. The molecule has 8 nitrogen and oxygen atoms in total. The highest BCUT2D eigenvalue weighted by molar-refractivity contribution is 6.33. The van der Waals surface area contributed by atoms with Crippen LogP contribution in [0, 0.1) is 11.7 Å². The lowest BCUT2D eigenvalue weighted by Crippen LogP contribution is -2.28. The number of benzene rings is 1. The Balaban J connectivity index is 1.47. The number of allylic oxidation sites excluding steroid dienone is 7. The van der Waals surface area contributed by atoms with Crippen molar-refractivity contribution in [3.63, 3.8) is 0 Å². The van der Waals surface area contributed by atoms with Gasteiger partial charge in [0.05, 0.1) is 29.3 Å². The molecular weight excluding hydrogens is 496 g/mol. The monoisotopic (exact) mass is 515 g/mol. The highest BCUT2D eigenvalue weighted by atomic mass is 35.5. The number of nitrogens with one attached hydrogen (secondary N) is 1. The first-order valence-electron chi connectivity index (χ1n) is 10.9. The molecule has 2 unspecified atom stereocenters. The molecule has 0 radical (unpaired) electrons. The van der Waals surface area contributed by atoms with Crippen LogP contribution >= 0.6 is 23.2 Å². The minimum absolute atomic E-state index is 0.0344. The Hall–Kier alpha value is -3.43. The number of methoxy groups -OCH3 is 1. The fourth-order valence-corrected chi connectivity index (χ4v) is 4.53. The van der Waals surface area contributed by atoms with Crippen LogP contribution in [0.25, 0.3) is 22.5 Å². The number of hydrogen-bond acceptors (Lipinski definition) is 6. The van der Waals surface area contributed by atoms with Crippen LogP contribution in [0.15, 0.2) is 62.6 Å². The SMILES string of the molecule is COC1=CC(n2nc(-c3c(F)cccc3Cl)[nH]c2=O)C(C)C=C1c1nc(C2=CC=C(Cl)CC2)no1. The first-order chi connectivity index (χ1) is 16.9. The number of H-pyrrole nitrogens is 1. The third kappa shape index (κ3) is 4.37. The Bertz CT molecular complexity index is 1460. The normalized spacial score (nSPS) is 20.1. The number of aromatic nitrogens is 5. The van der Waals surface area contributed by atoms with Crippen LogP contribution in [0.1, 0.15) is 37.5 Å². The summed E-state index contributed by atoms with van der Waals surface area (Å²) in [6.45, 7) is 1.91. The van der Waals surface area contributed by atoms with Gasteiger partial charge in [-0.2, -0.15) is 4.98 Å². The zero-order valence-corrected chi connectivity index (χ0v) is 20.3. The number of halogens is 3. The first kappa shape index (κ1) is 23.3. The largest absolute Gasteiger partial charge is 0.496 e. The number of rotatable bonds is 5. The van der Waals surface area contributed by atoms with Gasteiger partial charge in [0, 0.05) is 16.5 Å². The maximum atomic E-state index is 14.4. The molecule has 0 amide bonds. The van der Waals surface area contributed by atoms with E-state index in [1.807, 2.05) is 25.2 Å². The predicted molar refractivity (Wildman–Crippen MR) is 130 cm³/mol. The molecule has 0 saturated carbocycles. The van der Waals surface area contributed by atoms with Gasteiger partial charge in [0.1, 0.15) is 11.6 Å². The van der Waals surface area contributed by atoms with Crippen LogP contribution in [-0.2, 0) is 4.74 Å². The Morgan fingerprint density at radius 1 is 1.23 bits per heavy atom. The van der Waals surface area contributed by atoms with Crippen LogP contribution < -0.4 is 5.69 Å². The van der Waals surface area contributed by atoms with Gasteiger partial charge in [-0.3, -0.25) is 4.98 Å². The summed E-state index contributed by atoms with van der Waals surface area (Å²) in [6, 6.07) is 3.77. The van der Waals surface area contributed by atoms with Gasteiger partial charge in [0.15, 0.2) is 11.6 Å². The van der Waals surface area contributed by atoms with E-state index in [0.29, 0.717) is 23.0 Å². The van der Waals surface area contributed by atoms with Crippen LogP contribution in [0.4, 0.5) is 4.39 Å². The summed E-state index contributed by atoms with van der Waals surface area (Å²) in [5, 5.41) is 9.37. The van der Waals surface area contributed by atoms with Gasteiger partial charge in [0.2, 0.25) is 0 Å². The lowest BCUT2D eigenvalue weighted by Gasteiger charge is -2.24. The van der Waals surface area contributed by atoms with Gasteiger partial charge < -0.3 is 9.26 Å². The molecular formula is C24H20Cl2FN5O3. The van der Waals surface area contributed by atoms with Crippen LogP contribution in [0.5, 0.6) is 0 Å². The quantitative estimate of drug-likeness (QED) is 0.480. The molecule has 0 fully saturated rings. The fourth-order valence-electron chi connectivity index (χ4n) is 4.12. The molecule has 180 valence electrons. The highest BCUT2D eigenvalue weighted by Crippen LogP contribution is 2.37. The van der Waals surface area contributed by atoms with Gasteiger partial charge in [-0.25, -0.2) is 13.9 Å². The molecule has 1 N–H and O–H groups in total. The van der Waals surface area contributed by atoms with Gasteiger partial charge in [0.25, 0.3) is 5.89 Å². The minimum Gasteiger partial charge on any atom is -0.496 e. The van der Waals surface area contributed by atoms with Crippen molar-refractivity contribution in [3.05, 3.63) is 86.3 Å². The van der Waals surface area contributed by atoms with Crippen LogP contribution in [-0.4, -0.2) is 32.0 Å². The summed E-state index contributed by atoms with van der Waals surface area (Å²) in [7, 11) is 1.51. The molecule has 2 aliphatic rings. The average Bonchev–Trinajstić information content (AvgIpc) is 3.47. The van der Waals surface area contributed by atoms with Crippen molar-refractivity contribution in [2.75, 3.05) is 7.11 Å². The molecule has 3 aromatic rings. The van der Waals surface area contributed by atoms with Crippen LogP contribution in [0.3, 0.4) is 0 Å². The smallest absolute Gasteiger partial charge is 0.344 e. The molecule has 0 aliphatic heterocycles. The molecule has 2 heterocycles. The average molecular weight is 516 g/mol. The van der Waals surface area contributed by atoms with E-state index >= 15 is 0 Å². The number of ether oxygens (including phenoxy) is 1. The molecule has 2 atom stereocenters. The molecule has 0 bridgehead atoms. The molecule has 2 aromatic heterocycles. The molecule has 1 aromatic carbocycles. The first-order valence-corrected chi connectivity index (χ1v) is 11.6. The maximum Gasteiger partial charge on any atom is 0.344 e. The second-order valence-electron chi connectivity index (χ2n) is 8.21. The van der Waals surface area contributed by atoms with E-state index < -0.39 is 17.5 Å². The topological polar surface area (TPSA) is 98.8 Å². The van der Waals surface area contributed by atoms with E-state index in [-0.39, 0.29) is 22.3 Å². The zero-order valence-electron chi connectivity index (χ0n) is 18.8. The van der Waals surface area contributed by atoms with E-state index in [1.54, 1.807) is 6.08 Å². The summed E-state index contributed by atoms with van der Waals surface area (Å²) in [6.07, 6.45) is 8.78. The summed E-state index contributed by atoms with van der Waals surface area (Å²) in [5.74, 6) is 0.492. The van der Waals surface area contributed by atoms with Crippen molar-refractivity contribution < 1.29 is 13.7 Å². The molecule has 11 heteroatoms. The Morgan fingerprint density at radius 3 is 2.77 bits per heavy atom. The fraction of sp³-hybridized carbons (Fsp3) is 0.250. The van der Waals surface area contributed by atoms with E-state index in [0.717, 1.165) is 23.4 Å². The molecule has 0 spiro atoms. The van der Waals surface area contributed by atoms with Gasteiger partial charge in [-0.15, -0.1) is 5.10 Å². The molecule has 5 rings (SSSR count).